The highest BCUT2D eigenvalue weighted by molar-refractivity contribution is 9.11. The standard InChI is InChI=1S/C14H18Br2N2O/c15-11-7-10(17)8-12(16)13(11)18-14(19)9-5-3-1-2-4-6-9/h7-9H,1-6,17H2,(H,18,19). The SMILES string of the molecule is Nc1cc(Br)c(NC(=O)C2CCCCCC2)c(Br)c1. The Hall–Kier alpha value is -0.550. The van der Waals surface area contributed by atoms with Gasteiger partial charge in [0, 0.05) is 20.6 Å². The van der Waals surface area contributed by atoms with Gasteiger partial charge in [0.1, 0.15) is 0 Å². The predicted molar refractivity (Wildman–Crippen MR) is 86.1 cm³/mol. The molecule has 3 nitrogen and oxygen atoms in total. The molecule has 0 heterocycles. The van der Waals surface area contributed by atoms with Crippen LogP contribution in [0.15, 0.2) is 21.1 Å². The highest BCUT2D eigenvalue weighted by Gasteiger charge is 2.21. The lowest BCUT2D eigenvalue weighted by Crippen LogP contribution is -2.22. The average molecular weight is 390 g/mol. The van der Waals surface area contributed by atoms with Crippen molar-refractivity contribution in [1.82, 2.24) is 0 Å². The molecule has 1 saturated carbocycles. The molecule has 1 aromatic rings. The topological polar surface area (TPSA) is 55.1 Å². The van der Waals surface area contributed by atoms with Gasteiger partial charge in [0.15, 0.2) is 0 Å². The number of nitrogen functional groups attached to an aromatic ring is 1. The van der Waals surface area contributed by atoms with Crippen LogP contribution < -0.4 is 11.1 Å². The third kappa shape index (κ3) is 3.96. The van der Waals surface area contributed by atoms with Gasteiger partial charge in [0.2, 0.25) is 5.91 Å². The number of rotatable bonds is 2. The first kappa shape index (κ1) is 14.9. The van der Waals surface area contributed by atoms with Crippen LogP contribution in [0.1, 0.15) is 38.5 Å². The highest BCUT2D eigenvalue weighted by atomic mass is 79.9. The number of anilines is 2. The Kier molecular flexibility index (Phi) is 5.28. The average Bonchev–Trinajstić information content (AvgIpc) is 2.62. The Morgan fingerprint density at radius 3 is 2.16 bits per heavy atom. The van der Waals surface area contributed by atoms with Crippen LogP contribution in [-0.2, 0) is 4.79 Å². The smallest absolute Gasteiger partial charge is 0.227 e. The Morgan fingerprint density at radius 2 is 1.63 bits per heavy atom. The maximum absolute atomic E-state index is 12.3. The number of carbonyl (C=O) groups excluding carboxylic acids is 1. The van der Waals surface area contributed by atoms with Crippen molar-refractivity contribution in [2.45, 2.75) is 38.5 Å². The molecule has 0 bridgehead atoms. The van der Waals surface area contributed by atoms with Crippen LogP contribution >= 0.6 is 31.9 Å². The second-order valence-corrected chi connectivity index (χ2v) is 6.75. The first-order chi connectivity index (χ1) is 9.08. The Morgan fingerprint density at radius 1 is 1.11 bits per heavy atom. The number of hydrogen-bond donors (Lipinski definition) is 2. The number of amides is 1. The van der Waals surface area contributed by atoms with Crippen LogP contribution in [0.3, 0.4) is 0 Å². The molecule has 2 rings (SSSR count). The predicted octanol–water partition coefficient (Wildman–Crippen LogP) is 4.70. The fraction of sp³-hybridized carbons (Fsp3) is 0.500. The number of benzene rings is 1. The van der Waals surface area contributed by atoms with E-state index in [9.17, 15) is 4.79 Å². The first-order valence-electron chi connectivity index (χ1n) is 6.63. The largest absolute Gasteiger partial charge is 0.399 e. The van der Waals surface area contributed by atoms with Crippen LogP contribution in [0.2, 0.25) is 0 Å². The molecule has 1 amide bonds. The van der Waals surface area contributed by atoms with E-state index in [4.69, 9.17) is 5.73 Å². The lowest BCUT2D eigenvalue weighted by atomic mass is 9.99. The van der Waals surface area contributed by atoms with E-state index in [1.54, 1.807) is 12.1 Å². The molecule has 0 saturated heterocycles. The van der Waals surface area contributed by atoms with Crippen LogP contribution in [0.25, 0.3) is 0 Å². The molecule has 3 N–H and O–H groups in total. The molecule has 0 unspecified atom stereocenters. The molecular weight excluding hydrogens is 372 g/mol. The summed E-state index contributed by atoms with van der Waals surface area (Å²) in [7, 11) is 0. The number of carbonyl (C=O) groups is 1. The lowest BCUT2D eigenvalue weighted by Gasteiger charge is -2.16. The minimum absolute atomic E-state index is 0.119. The van der Waals surface area contributed by atoms with Gasteiger partial charge in [-0.05, 0) is 56.8 Å². The molecule has 1 aliphatic rings. The van der Waals surface area contributed by atoms with Crippen LogP contribution in [0, 0.1) is 5.92 Å². The fourth-order valence-electron chi connectivity index (χ4n) is 2.48. The monoisotopic (exact) mass is 388 g/mol. The minimum atomic E-state index is 0.119. The summed E-state index contributed by atoms with van der Waals surface area (Å²) in [6, 6.07) is 3.60. The Balaban J connectivity index is 2.10. The number of nitrogens with two attached hydrogens (primary N) is 1. The summed E-state index contributed by atoms with van der Waals surface area (Å²) in [5, 5.41) is 3.01. The summed E-state index contributed by atoms with van der Waals surface area (Å²) in [6.07, 6.45) is 6.80. The number of nitrogens with one attached hydrogen (secondary N) is 1. The third-order valence-corrected chi connectivity index (χ3v) is 4.79. The summed E-state index contributed by atoms with van der Waals surface area (Å²) < 4.78 is 1.61. The lowest BCUT2D eigenvalue weighted by molar-refractivity contribution is -0.120. The summed E-state index contributed by atoms with van der Waals surface area (Å²) >= 11 is 6.88. The van der Waals surface area contributed by atoms with Crippen molar-refractivity contribution in [2.75, 3.05) is 11.1 Å². The van der Waals surface area contributed by atoms with Gasteiger partial charge in [-0.25, -0.2) is 0 Å². The van der Waals surface area contributed by atoms with E-state index in [-0.39, 0.29) is 11.8 Å². The quantitative estimate of drug-likeness (QED) is 0.568. The normalized spacial score (nSPS) is 16.9. The van der Waals surface area contributed by atoms with Crippen molar-refractivity contribution < 1.29 is 4.79 Å². The van der Waals surface area contributed by atoms with E-state index in [0.717, 1.165) is 40.3 Å². The van der Waals surface area contributed by atoms with Crippen molar-refractivity contribution in [2.24, 2.45) is 5.92 Å². The van der Waals surface area contributed by atoms with Crippen molar-refractivity contribution in [3.63, 3.8) is 0 Å². The summed E-state index contributed by atoms with van der Waals surface area (Å²) in [4.78, 5) is 12.3. The molecule has 5 heteroatoms. The van der Waals surface area contributed by atoms with E-state index in [0.29, 0.717) is 5.69 Å². The number of halogens is 2. The van der Waals surface area contributed by atoms with E-state index in [2.05, 4.69) is 37.2 Å². The molecule has 0 aromatic heterocycles. The van der Waals surface area contributed by atoms with Crippen LogP contribution in [-0.4, -0.2) is 5.91 Å². The molecule has 0 radical (unpaired) electrons. The molecule has 0 spiro atoms. The molecule has 19 heavy (non-hydrogen) atoms. The van der Waals surface area contributed by atoms with Crippen LogP contribution in [0.5, 0.6) is 0 Å². The van der Waals surface area contributed by atoms with Gasteiger partial charge in [0.25, 0.3) is 0 Å². The van der Waals surface area contributed by atoms with Crippen molar-refractivity contribution in [3.05, 3.63) is 21.1 Å². The zero-order valence-electron chi connectivity index (χ0n) is 10.7. The van der Waals surface area contributed by atoms with Crippen molar-refractivity contribution in [1.29, 1.82) is 0 Å². The van der Waals surface area contributed by atoms with E-state index >= 15 is 0 Å². The van der Waals surface area contributed by atoms with Gasteiger partial charge in [0.05, 0.1) is 5.69 Å². The van der Waals surface area contributed by atoms with E-state index < -0.39 is 0 Å². The Bertz CT molecular complexity index is 446. The molecule has 1 fully saturated rings. The van der Waals surface area contributed by atoms with Crippen molar-refractivity contribution >= 4 is 49.1 Å². The second-order valence-electron chi connectivity index (χ2n) is 5.04. The second kappa shape index (κ2) is 6.75. The van der Waals surface area contributed by atoms with Gasteiger partial charge in [-0.15, -0.1) is 0 Å². The van der Waals surface area contributed by atoms with E-state index in [1.807, 2.05) is 0 Å². The summed E-state index contributed by atoms with van der Waals surface area (Å²) in [5.41, 5.74) is 7.18. The van der Waals surface area contributed by atoms with Gasteiger partial charge in [-0.1, -0.05) is 25.7 Å². The molecule has 1 aliphatic carbocycles. The highest BCUT2D eigenvalue weighted by Crippen LogP contribution is 2.34. The van der Waals surface area contributed by atoms with Gasteiger partial charge >= 0.3 is 0 Å². The van der Waals surface area contributed by atoms with Crippen LogP contribution in [0.4, 0.5) is 11.4 Å². The molecule has 1 aromatic carbocycles. The van der Waals surface area contributed by atoms with E-state index in [1.165, 1.54) is 12.8 Å². The molecule has 0 aliphatic heterocycles. The Labute approximate surface area is 130 Å². The molecule has 104 valence electrons. The maximum atomic E-state index is 12.3. The van der Waals surface area contributed by atoms with Gasteiger partial charge < -0.3 is 11.1 Å². The van der Waals surface area contributed by atoms with Gasteiger partial charge in [-0.3, -0.25) is 4.79 Å². The maximum Gasteiger partial charge on any atom is 0.227 e. The third-order valence-electron chi connectivity index (χ3n) is 3.54. The summed E-state index contributed by atoms with van der Waals surface area (Å²) in [5.74, 6) is 0.256. The van der Waals surface area contributed by atoms with Gasteiger partial charge in [-0.2, -0.15) is 0 Å². The fourth-order valence-corrected chi connectivity index (χ4v) is 3.90. The zero-order valence-corrected chi connectivity index (χ0v) is 13.9. The van der Waals surface area contributed by atoms with Crippen molar-refractivity contribution in [3.8, 4) is 0 Å². The minimum Gasteiger partial charge on any atom is -0.399 e. The first-order valence-corrected chi connectivity index (χ1v) is 8.22. The summed E-state index contributed by atoms with van der Waals surface area (Å²) in [6.45, 7) is 0. The molecular formula is C14H18Br2N2O. The zero-order chi connectivity index (χ0) is 13.8. The molecule has 0 atom stereocenters. The number of hydrogen-bond acceptors (Lipinski definition) is 2.